The second kappa shape index (κ2) is 4.62. The number of hydrogen-bond acceptors (Lipinski definition) is 2. The molecule has 0 heterocycles. The van der Waals surface area contributed by atoms with E-state index in [1.165, 1.54) is 6.07 Å². The summed E-state index contributed by atoms with van der Waals surface area (Å²) < 4.78 is 13.1. The molecule has 0 spiro atoms. The first kappa shape index (κ1) is 9.74. The first-order valence-corrected chi connectivity index (χ1v) is 4.15. The zero-order valence-corrected chi connectivity index (χ0v) is 7.33. The van der Waals surface area contributed by atoms with E-state index in [0.29, 0.717) is 17.8 Å². The van der Waals surface area contributed by atoms with Crippen LogP contribution in [-0.4, -0.2) is 6.54 Å². The highest BCUT2D eigenvalue weighted by Crippen LogP contribution is 2.13. The molecular formula is C10H13FN2. The lowest BCUT2D eigenvalue weighted by Crippen LogP contribution is -1.95. The predicted molar refractivity (Wildman–Crippen MR) is 53.5 cm³/mol. The van der Waals surface area contributed by atoms with Gasteiger partial charge in [0.1, 0.15) is 5.82 Å². The van der Waals surface area contributed by atoms with Crippen molar-refractivity contribution in [2.24, 2.45) is 5.73 Å². The molecule has 1 rings (SSSR count). The van der Waals surface area contributed by atoms with Crippen LogP contribution in [-0.2, 0) is 0 Å². The molecule has 1 aromatic carbocycles. The van der Waals surface area contributed by atoms with Crippen molar-refractivity contribution in [1.29, 1.82) is 0 Å². The zero-order chi connectivity index (χ0) is 9.68. The zero-order valence-electron chi connectivity index (χ0n) is 7.33. The van der Waals surface area contributed by atoms with Crippen LogP contribution >= 0.6 is 0 Å². The van der Waals surface area contributed by atoms with Crippen molar-refractivity contribution in [3.05, 3.63) is 35.7 Å². The third-order valence-corrected chi connectivity index (χ3v) is 1.66. The van der Waals surface area contributed by atoms with Crippen LogP contribution in [0.4, 0.5) is 10.1 Å². The quantitative estimate of drug-likeness (QED) is 0.696. The van der Waals surface area contributed by atoms with Gasteiger partial charge < -0.3 is 11.5 Å². The molecule has 0 aromatic heterocycles. The van der Waals surface area contributed by atoms with E-state index < -0.39 is 0 Å². The largest absolute Gasteiger partial charge is 0.399 e. The average Bonchev–Trinajstić information content (AvgIpc) is 2.09. The Morgan fingerprint density at radius 2 is 2.15 bits per heavy atom. The maximum absolute atomic E-state index is 13.1. The molecule has 4 N–H and O–H groups in total. The van der Waals surface area contributed by atoms with E-state index in [1.807, 2.05) is 6.08 Å². The molecule has 0 saturated carbocycles. The van der Waals surface area contributed by atoms with E-state index >= 15 is 0 Å². The lowest BCUT2D eigenvalue weighted by Gasteiger charge is -1.97. The van der Waals surface area contributed by atoms with Crippen molar-refractivity contribution in [3.8, 4) is 0 Å². The van der Waals surface area contributed by atoms with Crippen molar-refractivity contribution in [1.82, 2.24) is 0 Å². The van der Waals surface area contributed by atoms with Gasteiger partial charge in [0.25, 0.3) is 0 Å². The van der Waals surface area contributed by atoms with Crippen LogP contribution in [0.3, 0.4) is 0 Å². The number of nitrogens with two attached hydrogens (primary N) is 2. The molecule has 0 fully saturated rings. The Bertz CT molecular complexity index is 308. The topological polar surface area (TPSA) is 52.0 Å². The normalized spacial score (nSPS) is 10.9. The molecule has 1 aromatic rings. The van der Waals surface area contributed by atoms with E-state index in [9.17, 15) is 4.39 Å². The Kier molecular flexibility index (Phi) is 3.46. The second-order valence-corrected chi connectivity index (χ2v) is 2.76. The van der Waals surface area contributed by atoms with Gasteiger partial charge in [-0.05, 0) is 25.1 Å². The Labute approximate surface area is 77.0 Å². The molecule has 0 radical (unpaired) electrons. The van der Waals surface area contributed by atoms with E-state index in [0.717, 1.165) is 6.42 Å². The van der Waals surface area contributed by atoms with Crippen LogP contribution in [0.15, 0.2) is 24.3 Å². The molecule has 0 aliphatic carbocycles. The second-order valence-electron chi connectivity index (χ2n) is 2.76. The Balaban J connectivity index is 2.77. The molecule has 0 unspecified atom stereocenters. The molecule has 0 aliphatic rings. The number of halogens is 1. The van der Waals surface area contributed by atoms with Crippen LogP contribution in [0.5, 0.6) is 0 Å². The van der Waals surface area contributed by atoms with Gasteiger partial charge in [0, 0.05) is 11.3 Å². The predicted octanol–water partition coefficient (Wildman–Crippen LogP) is 1.77. The minimum Gasteiger partial charge on any atom is -0.399 e. The van der Waals surface area contributed by atoms with E-state index in [4.69, 9.17) is 11.5 Å². The van der Waals surface area contributed by atoms with E-state index in [2.05, 4.69) is 0 Å². The van der Waals surface area contributed by atoms with Gasteiger partial charge in [0.05, 0.1) is 0 Å². The van der Waals surface area contributed by atoms with Gasteiger partial charge in [-0.3, -0.25) is 0 Å². The number of hydrogen-bond donors (Lipinski definition) is 2. The number of rotatable bonds is 3. The SMILES string of the molecule is NCCC=Cc1ccc(N)cc1F. The van der Waals surface area contributed by atoms with E-state index in [1.54, 1.807) is 18.2 Å². The summed E-state index contributed by atoms with van der Waals surface area (Å²) >= 11 is 0. The fourth-order valence-corrected chi connectivity index (χ4v) is 0.985. The van der Waals surface area contributed by atoms with Crippen LogP contribution in [0, 0.1) is 5.82 Å². The number of benzene rings is 1. The van der Waals surface area contributed by atoms with Gasteiger partial charge in [0.15, 0.2) is 0 Å². The highest BCUT2D eigenvalue weighted by molar-refractivity contribution is 5.54. The van der Waals surface area contributed by atoms with Gasteiger partial charge in [-0.1, -0.05) is 18.2 Å². The summed E-state index contributed by atoms with van der Waals surface area (Å²) in [5, 5.41) is 0. The number of nitrogen functional groups attached to an aromatic ring is 1. The van der Waals surface area contributed by atoms with Crippen molar-refractivity contribution >= 4 is 11.8 Å². The highest BCUT2D eigenvalue weighted by Gasteiger charge is 1.97. The summed E-state index contributed by atoms with van der Waals surface area (Å²) in [6.07, 6.45) is 4.31. The fourth-order valence-electron chi connectivity index (χ4n) is 0.985. The van der Waals surface area contributed by atoms with Gasteiger partial charge in [-0.15, -0.1) is 0 Å². The lowest BCUT2D eigenvalue weighted by atomic mass is 10.1. The van der Waals surface area contributed by atoms with Crippen molar-refractivity contribution in [2.45, 2.75) is 6.42 Å². The standard InChI is InChI=1S/C10H13FN2/c11-10-7-9(13)5-4-8(10)3-1-2-6-12/h1,3-5,7H,2,6,12-13H2. The lowest BCUT2D eigenvalue weighted by molar-refractivity contribution is 0.625. The minimum atomic E-state index is -0.298. The monoisotopic (exact) mass is 180 g/mol. The first-order valence-electron chi connectivity index (χ1n) is 4.15. The molecule has 70 valence electrons. The van der Waals surface area contributed by atoms with Crippen LogP contribution < -0.4 is 11.5 Å². The summed E-state index contributed by atoms with van der Waals surface area (Å²) in [7, 11) is 0. The van der Waals surface area contributed by atoms with Gasteiger partial charge in [-0.25, -0.2) is 4.39 Å². The van der Waals surface area contributed by atoms with Gasteiger partial charge in [0.2, 0.25) is 0 Å². The summed E-state index contributed by atoms with van der Waals surface area (Å²) in [5.41, 5.74) is 11.7. The molecule has 13 heavy (non-hydrogen) atoms. The Morgan fingerprint density at radius 3 is 2.77 bits per heavy atom. The summed E-state index contributed by atoms with van der Waals surface area (Å²) in [4.78, 5) is 0. The molecule has 0 bridgehead atoms. The van der Waals surface area contributed by atoms with E-state index in [-0.39, 0.29) is 5.82 Å². The fraction of sp³-hybridized carbons (Fsp3) is 0.200. The average molecular weight is 180 g/mol. The Hall–Kier alpha value is -1.35. The Morgan fingerprint density at radius 1 is 1.38 bits per heavy atom. The maximum Gasteiger partial charge on any atom is 0.132 e. The molecular weight excluding hydrogens is 167 g/mol. The molecule has 0 saturated heterocycles. The van der Waals surface area contributed by atoms with Crippen molar-refractivity contribution < 1.29 is 4.39 Å². The minimum absolute atomic E-state index is 0.298. The number of anilines is 1. The van der Waals surface area contributed by atoms with Gasteiger partial charge >= 0.3 is 0 Å². The molecule has 0 atom stereocenters. The third kappa shape index (κ3) is 2.87. The summed E-state index contributed by atoms with van der Waals surface area (Å²) in [5.74, 6) is -0.298. The molecule has 3 heteroatoms. The van der Waals surface area contributed by atoms with Crippen LogP contribution in [0.1, 0.15) is 12.0 Å². The van der Waals surface area contributed by atoms with Crippen molar-refractivity contribution in [3.63, 3.8) is 0 Å². The third-order valence-electron chi connectivity index (χ3n) is 1.66. The van der Waals surface area contributed by atoms with Gasteiger partial charge in [-0.2, -0.15) is 0 Å². The van der Waals surface area contributed by atoms with Crippen LogP contribution in [0.25, 0.3) is 6.08 Å². The van der Waals surface area contributed by atoms with Crippen molar-refractivity contribution in [2.75, 3.05) is 12.3 Å². The molecule has 0 aliphatic heterocycles. The molecule has 2 nitrogen and oxygen atoms in total. The first-order chi connectivity index (χ1) is 6.24. The summed E-state index contributed by atoms with van der Waals surface area (Å²) in [6.45, 7) is 0.576. The maximum atomic E-state index is 13.1. The highest BCUT2D eigenvalue weighted by atomic mass is 19.1. The molecule has 0 amide bonds. The smallest absolute Gasteiger partial charge is 0.132 e. The van der Waals surface area contributed by atoms with Crippen LogP contribution in [0.2, 0.25) is 0 Å². The summed E-state index contributed by atoms with van der Waals surface area (Å²) in [6, 6.07) is 4.63.